The maximum atomic E-state index is 13.6. The monoisotopic (exact) mass is 263 g/mol. The van der Waals surface area contributed by atoms with Gasteiger partial charge in [-0.2, -0.15) is 0 Å². The molecule has 0 saturated heterocycles. The fourth-order valence-electron chi connectivity index (χ4n) is 4.25. The lowest BCUT2D eigenvalue weighted by Crippen LogP contribution is -2.29. The van der Waals surface area contributed by atoms with Crippen LogP contribution in [-0.4, -0.2) is 14.2 Å². The van der Waals surface area contributed by atoms with Gasteiger partial charge in [-0.05, 0) is 62.3 Å². The average molecular weight is 263 g/mol. The van der Waals surface area contributed by atoms with Gasteiger partial charge in [-0.1, -0.05) is 6.42 Å². The van der Waals surface area contributed by atoms with Crippen molar-refractivity contribution in [2.75, 3.05) is 14.2 Å². The summed E-state index contributed by atoms with van der Waals surface area (Å²) < 4.78 is 19.0. The summed E-state index contributed by atoms with van der Waals surface area (Å²) in [5.41, 5.74) is 0.975. The lowest BCUT2D eigenvalue weighted by atomic mass is 9.80. The smallest absolute Gasteiger partial charge is 0.123 e. The molecule has 2 bridgehead atoms. The van der Waals surface area contributed by atoms with E-state index in [-0.39, 0.29) is 11.9 Å². The van der Waals surface area contributed by atoms with Gasteiger partial charge in [0.25, 0.3) is 0 Å². The Kier molecular flexibility index (Phi) is 3.48. The highest BCUT2D eigenvalue weighted by Crippen LogP contribution is 2.53. The molecule has 2 aliphatic carbocycles. The molecule has 0 amide bonds. The van der Waals surface area contributed by atoms with Crippen molar-refractivity contribution in [3.05, 3.63) is 29.6 Å². The first kappa shape index (κ1) is 12.9. The van der Waals surface area contributed by atoms with Crippen molar-refractivity contribution in [1.29, 1.82) is 0 Å². The molecule has 1 N–H and O–H groups in total. The first-order chi connectivity index (χ1) is 9.22. The van der Waals surface area contributed by atoms with Crippen LogP contribution < -0.4 is 10.1 Å². The van der Waals surface area contributed by atoms with E-state index in [2.05, 4.69) is 5.32 Å². The molecule has 2 fully saturated rings. The standard InChI is InChI=1S/C16H22FNO/c1-18-16(13-8-10-3-4-11(13)7-10)14-9-12(17)5-6-15(14)19-2/h5-6,9-11,13,16,18H,3-4,7-8H2,1-2H3. The van der Waals surface area contributed by atoms with Crippen molar-refractivity contribution < 1.29 is 9.13 Å². The third-order valence-electron chi connectivity index (χ3n) is 5.06. The molecule has 104 valence electrons. The topological polar surface area (TPSA) is 21.3 Å². The van der Waals surface area contributed by atoms with Crippen LogP contribution in [0.4, 0.5) is 4.39 Å². The van der Waals surface area contributed by atoms with Gasteiger partial charge in [0, 0.05) is 11.6 Å². The summed E-state index contributed by atoms with van der Waals surface area (Å²) >= 11 is 0. The zero-order chi connectivity index (χ0) is 13.4. The molecule has 19 heavy (non-hydrogen) atoms. The van der Waals surface area contributed by atoms with Gasteiger partial charge in [0.15, 0.2) is 0 Å². The van der Waals surface area contributed by atoms with Crippen LogP contribution >= 0.6 is 0 Å². The number of halogens is 1. The fraction of sp³-hybridized carbons (Fsp3) is 0.625. The highest BCUT2D eigenvalue weighted by atomic mass is 19.1. The van der Waals surface area contributed by atoms with Crippen molar-refractivity contribution >= 4 is 0 Å². The maximum absolute atomic E-state index is 13.6. The van der Waals surface area contributed by atoms with Crippen LogP contribution in [0.1, 0.15) is 37.3 Å². The molecule has 4 unspecified atom stereocenters. The largest absolute Gasteiger partial charge is 0.496 e. The second-order valence-corrected chi connectivity index (χ2v) is 5.99. The Hall–Kier alpha value is -1.09. The number of hydrogen-bond donors (Lipinski definition) is 1. The predicted molar refractivity (Wildman–Crippen MR) is 73.7 cm³/mol. The molecule has 2 aliphatic rings. The van der Waals surface area contributed by atoms with Crippen molar-refractivity contribution in [2.45, 2.75) is 31.7 Å². The third-order valence-corrected chi connectivity index (χ3v) is 5.06. The molecule has 0 aromatic heterocycles. The fourth-order valence-corrected chi connectivity index (χ4v) is 4.25. The molecule has 0 spiro atoms. The molecule has 1 aromatic carbocycles. The van der Waals surface area contributed by atoms with Crippen LogP contribution in [-0.2, 0) is 0 Å². The van der Waals surface area contributed by atoms with Gasteiger partial charge in [-0.3, -0.25) is 0 Å². The molecule has 3 rings (SSSR count). The highest BCUT2D eigenvalue weighted by Gasteiger charge is 2.43. The molecule has 0 radical (unpaired) electrons. The van der Waals surface area contributed by atoms with Gasteiger partial charge >= 0.3 is 0 Å². The lowest BCUT2D eigenvalue weighted by molar-refractivity contribution is 0.254. The Bertz CT molecular complexity index is 462. The van der Waals surface area contributed by atoms with Crippen molar-refractivity contribution in [3.63, 3.8) is 0 Å². The Morgan fingerprint density at radius 1 is 1.32 bits per heavy atom. The Morgan fingerprint density at radius 3 is 2.74 bits per heavy atom. The minimum absolute atomic E-state index is 0.181. The van der Waals surface area contributed by atoms with E-state index in [0.29, 0.717) is 5.92 Å². The number of methoxy groups -OCH3 is 1. The van der Waals surface area contributed by atoms with E-state index >= 15 is 0 Å². The van der Waals surface area contributed by atoms with E-state index in [9.17, 15) is 4.39 Å². The van der Waals surface area contributed by atoms with Gasteiger partial charge < -0.3 is 10.1 Å². The molecule has 0 heterocycles. The van der Waals surface area contributed by atoms with E-state index < -0.39 is 0 Å². The summed E-state index contributed by atoms with van der Waals surface area (Å²) in [5, 5.41) is 3.40. The molecule has 0 aliphatic heterocycles. The van der Waals surface area contributed by atoms with Crippen molar-refractivity contribution in [3.8, 4) is 5.75 Å². The Labute approximate surface area is 114 Å². The van der Waals surface area contributed by atoms with Crippen LogP contribution in [0.3, 0.4) is 0 Å². The number of benzene rings is 1. The van der Waals surface area contributed by atoms with Crippen molar-refractivity contribution in [2.24, 2.45) is 17.8 Å². The van der Waals surface area contributed by atoms with E-state index in [0.717, 1.165) is 23.1 Å². The predicted octanol–water partition coefficient (Wildman–Crippen LogP) is 3.53. The molecule has 1 aromatic rings. The van der Waals surface area contributed by atoms with E-state index in [4.69, 9.17) is 4.74 Å². The molecule has 3 heteroatoms. The molecular weight excluding hydrogens is 241 g/mol. The molecule has 2 saturated carbocycles. The van der Waals surface area contributed by atoms with Crippen LogP contribution in [0.2, 0.25) is 0 Å². The van der Waals surface area contributed by atoms with E-state index in [1.165, 1.54) is 31.7 Å². The SMILES string of the molecule is CNC(c1cc(F)ccc1OC)C1CC2CCC1C2. The summed E-state index contributed by atoms with van der Waals surface area (Å²) in [5.74, 6) is 2.93. The van der Waals surface area contributed by atoms with Crippen LogP contribution in [0.25, 0.3) is 0 Å². The number of fused-ring (bicyclic) bond motifs is 2. The minimum atomic E-state index is -0.181. The average Bonchev–Trinajstić information content (AvgIpc) is 3.03. The number of hydrogen-bond acceptors (Lipinski definition) is 2. The summed E-state index contributed by atoms with van der Waals surface area (Å²) in [6.45, 7) is 0. The second kappa shape index (κ2) is 5.12. The zero-order valence-electron chi connectivity index (χ0n) is 11.7. The van der Waals surface area contributed by atoms with Crippen LogP contribution in [0.5, 0.6) is 5.75 Å². The summed E-state index contributed by atoms with van der Waals surface area (Å²) in [7, 11) is 3.63. The maximum Gasteiger partial charge on any atom is 0.123 e. The van der Waals surface area contributed by atoms with Crippen LogP contribution in [0.15, 0.2) is 18.2 Å². The Balaban J connectivity index is 1.91. The quantitative estimate of drug-likeness (QED) is 0.897. The number of ether oxygens (including phenoxy) is 1. The summed E-state index contributed by atoms with van der Waals surface area (Å²) in [6.07, 6.45) is 5.36. The minimum Gasteiger partial charge on any atom is -0.496 e. The first-order valence-corrected chi connectivity index (χ1v) is 7.23. The number of nitrogens with one attached hydrogen (secondary N) is 1. The normalized spacial score (nSPS) is 30.6. The highest BCUT2D eigenvalue weighted by molar-refractivity contribution is 5.37. The number of rotatable bonds is 4. The van der Waals surface area contributed by atoms with Gasteiger partial charge in [0.2, 0.25) is 0 Å². The van der Waals surface area contributed by atoms with E-state index in [1.54, 1.807) is 19.2 Å². The second-order valence-electron chi connectivity index (χ2n) is 5.99. The van der Waals surface area contributed by atoms with Gasteiger partial charge in [-0.25, -0.2) is 4.39 Å². The Morgan fingerprint density at radius 2 is 2.16 bits per heavy atom. The zero-order valence-corrected chi connectivity index (χ0v) is 11.7. The first-order valence-electron chi connectivity index (χ1n) is 7.23. The summed E-state index contributed by atoms with van der Waals surface area (Å²) in [6, 6.07) is 5.05. The molecular formula is C16H22FNO. The van der Waals surface area contributed by atoms with Gasteiger partial charge in [-0.15, -0.1) is 0 Å². The van der Waals surface area contributed by atoms with Crippen LogP contribution in [0, 0.1) is 23.6 Å². The van der Waals surface area contributed by atoms with E-state index in [1.807, 2.05) is 7.05 Å². The van der Waals surface area contributed by atoms with Gasteiger partial charge in [0.05, 0.1) is 7.11 Å². The van der Waals surface area contributed by atoms with Gasteiger partial charge in [0.1, 0.15) is 11.6 Å². The van der Waals surface area contributed by atoms with Crippen molar-refractivity contribution in [1.82, 2.24) is 5.32 Å². The summed E-state index contributed by atoms with van der Waals surface area (Å²) in [4.78, 5) is 0. The molecule has 4 atom stereocenters. The molecule has 2 nitrogen and oxygen atoms in total. The third kappa shape index (κ3) is 2.25. The lowest BCUT2D eigenvalue weighted by Gasteiger charge is -2.31.